The summed E-state index contributed by atoms with van der Waals surface area (Å²) < 4.78 is 26.2. The molecule has 4 aromatic rings. The zero-order chi connectivity index (χ0) is 22.5. The smallest absolute Gasteiger partial charge is 0.258 e. The number of rotatable bonds is 4. The minimum absolute atomic E-state index is 0.294. The number of benzene rings is 2. The van der Waals surface area contributed by atoms with E-state index < -0.39 is 16.1 Å². The van der Waals surface area contributed by atoms with E-state index in [1.165, 1.54) is 11.3 Å². The fourth-order valence-corrected chi connectivity index (χ4v) is 6.03. The van der Waals surface area contributed by atoms with E-state index in [1.54, 1.807) is 18.2 Å². The Morgan fingerprint density at radius 3 is 2.56 bits per heavy atom. The monoisotopic (exact) mass is 483 g/mol. The lowest BCUT2D eigenvalue weighted by Gasteiger charge is -2.19. The maximum atomic E-state index is 13.3. The molecule has 0 aliphatic carbocycles. The summed E-state index contributed by atoms with van der Waals surface area (Å²) in [6, 6.07) is 18.1. The molecule has 0 bridgehead atoms. The molecule has 1 aliphatic rings. The third kappa shape index (κ3) is 3.64. The number of hydrazone groups is 1. The third-order valence-corrected chi connectivity index (χ3v) is 7.64. The van der Waals surface area contributed by atoms with Gasteiger partial charge in [0.2, 0.25) is 10.0 Å². The van der Waals surface area contributed by atoms with Crippen LogP contribution in [0.4, 0.5) is 0 Å². The molecule has 1 aliphatic heterocycles. The molecule has 2 aromatic carbocycles. The van der Waals surface area contributed by atoms with Crippen molar-refractivity contribution in [2.24, 2.45) is 5.10 Å². The molecule has 0 amide bonds. The fourth-order valence-electron chi connectivity index (χ4n) is 4.08. The second-order valence-electron chi connectivity index (χ2n) is 7.58. The highest BCUT2D eigenvalue weighted by Crippen LogP contribution is 2.39. The Kier molecular flexibility index (Phi) is 5.16. The van der Waals surface area contributed by atoms with Crippen molar-refractivity contribution in [1.29, 1.82) is 0 Å². The summed E-state index contributed by atoms with van der Waals surface area (Å²) in [4.78, 5) is 17.1. The summed E-state index contributed by atoms with van der Waals surface area (Å²) in [5, 5.41) is 7.66. The van der Waals surface area contributed by atoms with E-state index in [-0.39, 0.29) is 5.56 Å². The molecule has 1 atom stereocenters. The minimum atomic E-state index is -3.64. The molecule has 2 aromatic heterocycles. The number of nitrogens with one attached hydrogen (secondary N) is 1. The first-order valence-corrected chi connectivity index (χ1v) is 12.9. The number of sulfonamides is 1. The van der Waals surface area contributed by atoms with Crippen molar-refractivity contribution >= 4 is 49.6 Å². The number of H-pyrrole nitrogens is 1. The molecular weight excluding hydrogens is 466 g/mol. The number of hydrogen-bond acceptors (Lipinski definition) is 5. The van der Waals surface area contributed by atoms with Gasteiger partial charge in [-0.15, -0.1) is 11.3 Å². The SMILES string of the molecule is CS(=O)(=O)N1N=C(c2c(-c3ccccc3)c3cc(Cl)ccc3[nH]c2=O)C[C@@H]1c1cccs1. The van der Waals surface area contributed by atoms with E-state index in [2.05, 4.69) is 10.1 Å². The molecule has 1 N–H and O–H groups in total. The van der Waals surface area contributed by atoms with Gasteiger partial charge in [0.05, 0.1) is 17.5 Å². The van der Waals surface area contributed by atoms with Crippen LogP contribution in [0.2, 0.25) is 5.02 Å². The molecule has 0 radical (unpaired) electrons. The lowest BCUT2D eigenvalue weighted by Crippen LogP contribution is -2.25. The van der Waals surface area contributed by atoms with E-state index in [0.717, 1.165) is 26.5 Å². The first-order valence-electron chi connectivity index (χ1n) is 9.84. The molecule has 6 nitrogen and oxygen atoms in total. The van der Waals surface area contributed by atoms with Crippen LogP contribution in [-0.4, -0.2) is 29.8 Å². The normalized spacial score (nSPS) is 16.5. The van der Waals surface area contributed by atoms with Crippen molar-refractivity contribution in [3.63, 3.8) is 0 Å². The van der Waals surface area contributed by atoms with E-state index >= 15 is 0 Å². The van der Waals surface area contributed by atoms with Crippen LogP contribution in [0.5, 0.6) is 0 Å². The fraction of sp³-hybridized carbons (Fsp3) is 0.130. The lowest BCUT2D eigenvalue weighted by atomic mass is 9.92. The quantitative estimate of drug-likeness (QED) is 0.442. The number of nitrogens with zero attached hydrogens (tertiary/aromatic N) is 2. The molecule has 0 fully saturated rings. The highest BCUT2D eigenvalue weighted by molar-refractivity contribution is 7.88. The van der Waals surface area contributed by atoms with Gasteiger partial charge in [0.25, 0.3) is 5.56 Å². The Balaban J connectivity index is 1.79. The zero-order valence-corrected chi connectivity index (χ0v) is 19.3. The third-order valence-electron chi connectivity index (χ3n) is 5.41. The van der Waals surface area contributed by atoms with Crippen molar-refractivity contribution in [2.45, 2.75) is 12.5 Å². The largest absolute Gasteiger partial charge is 0.321 e. The van der Waals surface area contributed by atoms with Gasteiger partial charge < -0.3 is 4.98 Å². The zero-order valence-electron chi connectivity index (χ0n) is 16.9. The van der Waals surface area contributed by atoms with Crippen molar-refractivity contribution in [3.8, 4) is 11.1 Å². The van der Waals surface area contributed by atoms with Gasteiger partial charge in [-0.25, -0.2) is 8.42 Å². The standard InChI is InChI=1S/C23H18ClN3O3S2/c1-32(29,30)27-19(20-8-5-11-31-20)13-18(26-27)22-21(14-6-3-2-4-7-14)16-12-15(24)9-10-17(16)25-23(22)28/h2-12,19H,13H2,1H3,(H,25,28)/t19-/m1/s1. The minimum Gasteiger partial charge on any atom is -0.321 e. The van der Waals surface area contributed by atoms with Crippen molar-refractivity contribution in [1.82, 2.24) is 9.40 Å². The molecule has 3 heterocycles. The second kappa shape index (κ2) is 7.88. The summed E-state index contributed by atoms with van der Waals surface area (Å²) >= 11 is 7.76. The van der Waals surface area contributed by atoms with Gasteiger partial charge in [-0.2, -0.15) is 9.52 Å². The number of aromatic nitrogens is 1. The number of hydrogen-bond donors (Lipinski definition) is 1. The molecule has 162 valence electrons. The highest BCUT2D eigenvalue weighted by atomic mass is 35.5. The van der Waals surface area contributed by atoms with E-state index in [0.29, 0.717) is 33.8 Å². The Morgan fingerprint density at radius 1 is 1.09 bits per heavy atom. The topological polar surface area (TPSA) is 82.6 Å². The van der Waals surface area contributed by atoms with E-state index in [4.69, 9.17) is 11.6 Å². The lowest BCUT2D eigenvalue weighted by molar-refractivity contribution is 0.379. The van der Waals surface area contributed by atoms with Gasteiger partial charge in [0, 0.05) is 32.8 Å². The highest BCUT2D eigenvalue weighted by Gasteiger charge is 2.37. The molecule has 0 spiro atoms. The molecular formula is C23H18ClN3O3S2. The number of aromatic amines is 1. The predicted molar refractivity (Wildman–Crippen MR) is 130 cm³/mol. The first kappa shape index (κ1) is 20.9. The van der Waals surface area contributed by atoms with Crippen molar-refractivity contribution in [2.75, 3.05) is 6.26 Å². The Hall–Kier alpha value is -2.94. The van der Waals surface area contributed by atoms with Crippen LogP contribution < -0.4 is 5.56 Å². The number of fused-ring (bicyclic) bond motifs is 1. The van der Waals surface area contributed by atoms with Crippen molar-refractivity contribution in [3.05, 3.63) is 91.9 Å². The number of pyridine rings is 1. The van der Waals surface area contributed by atoms with Gasteiger partial charge in [-0.05, 0) is 35.2 Å². The van der Waals surface area contributed by atoms with Crippen molar-refractivity contribution < 1.29 is 8.42 Å². The molecule has 0 unspecified atom stereocenters. The van der Waals surface area contributed by atoms with Crippen LogP contribution >= 0.6 is 22.9 Å². The average Bonchev–Trinajstić information content (AvgIpc) is 3.43. The van der Waals surface area contributed by atoms with Gasteiger partial charge >= 0.3 is 0 Å². The average molecular weight is 484 g/mol. The van der Waals surface area contributed by atoms with Crippen LogP contribution in [0.25, 0.3) is 22.0 Å². The van der Waals surface area contributed by atoms with Crippen LogP contribution in [-0.2, 0) is 10.0 Å². The summed E-state index contributed by atoms with van der Waals surface area (Å²) in [5.41, 5.74) is 2.63. The molecule has 32 heavy (non-hydrogen) atoms. The van der Waals surface area contributed by atoms with E-state index in [1.807, 2.05) is 47.8 Å². The predicted octanol–water partition coefficient (Wildman–Crippen LogP) is 5.02. The maximum absolute atomic E-state index is 13.3. The summed E-state index contributed by atoms with van der Waals surface area (Å²) in [6.07, 6.45) is 1.42. The Bertz CT molecular complexity index is 1510. The molecule has 9 heteroatoms. The Labute approximate surface area is 193 Å². The summed E-state index contributed by atoms with van der Waals surface area (Å²) in [6.45, 7) is 0. The van der Waals surface area contributed by atoms with Crippen LogP contribution in [0, 0.1) is 0 Å². The maximum Gasteiger partial charge on any atom is 0.258 e. The summed E-state index contributed by atoms with van der Waals surface area (Å²) in [7, 11) is -3.64. The molecule has 0 saturated carbocycles. The number of halogens is 1. The van der Waals surface area contributed by atoms with Gasteiger partial charge in [-0.3, -0.25) is 4.79 Å². The Morgan fingerprint density at radius 2 is 1.88 bits per heavy atom. The van der Waals surface area contributed by atoms with Crippen LogP contribution in [0.1, 0.15) is 22.9 Å². The van der Waals surface area contributed by atoms with Gasteiger partial charge in [0.15, 0.2) is 0 Å². The molecule has 0 saturated heterocycles. The second-order valence-corrected chi connectivity index (χ2v) is 10.8. The van der Waals surface area contributed by atoms with Gasteiger partial charge in [0.1, 0.15) is 6.04 Å². The van der Waals surface area contributed by atoms with Crippen LogP contribution in [0.3, 0.4) is 0 Å². The van der Waals surface area contributed by atoms with Crippen LogP contribution in [0.15, 0.2) is 75.9 Å². The van der Waals surface area contributed by atoms with E-state index in [9.17, 15) is 13.2 Å². The molecule has 5 rings (SSSR count). The summed E-state index contributed by atoms with van der Waals surface area (Å²) in [5.74, 6) is 0. The first-order chi connectivity index (χ1) is 15.3. The number of thiophene rings is 1. The van der Waals surface area contributed by atoms with Gasteiger partial charge in [-0.1, -0.05) is 48.0 Å².